The van der Waals surface area contributed by atoms with E-state index in [1.807, 2.05) is 11.9 Å². The number of hydrogen-bond acceptors (Lipinski definition) is 26. The van der Waals surface area contributed by atoms with Gasteiger partial charge in [0.05, 0.1) is 39.3 Å². The minimum Gasteiger partial charge on any atom is -0.387 e. The summed E-state index contributed by atoms with van der Waals surface area (Å²) in [4.78, 5) is 114. The van der Waals surface area contributed by atoms with Crippen LogP contribution in [0.5, 0.6) is 0 Å². The molecule has 3 aliphatic rings. The molecule has 0 radical (unpaired) electrons. The number of aromatic nitrogens is 10. The molecule has 5 aromatic heterocycles. The highest BCUT2D eigenvalue weighted by atomic mass is 31.3. The molecule has 14 N–H and O–H groups in total. The topological polar surface area (TPSA) is 527 Å². The molecule has 0 saturated carbocycles. The van der Waals surface area contributed by atoms with Crippen molar-refractivity contribution in [3.05, 3.63) is 62.4 Å². The minimum absolute atomic E-state index is 0.00744. The van der Waals surface area contributed by atoms with E-state index >= 15 is 0 Å². The Labute approximate surface area is 436 Å². The molecule has 0 bridgehead atoms. The smallest absolute Gasteiger partial charge is 0.387 e. The number of H-pyrrole nitrogens is 2. The molecule has 3 aliphatic heterocycles. The van der Waals surface area contributed by atoms with Crippen LogP contribution in [0.15, 0.2) is 45.6 Å². The number of nitrogens with zero attached hydrogens (tertiary/aromatic N) is 8. The largest absolute Gasteiger partial charge is 0.490 e. The highest BCUT2D eigenvalue weighted by molar-refractivity contribution is 7.66. The molecule has 41 heteroatoms. The molecule has 37 nitrogen and oxygen atoms in total. The van der Waals surface area contributed by atoms with E-state index in [1.54, 1.807) is 0 Å². The van der Waals surface area contributed by atoms with Crippen molar-refractivity contribution >= 4 is 71.1 Å². The number of methoxy groups -OCH3 is 1. The van der Waals surface area contributed by atoms with Gasteiger partial charge in [-0.3, -0.25) is 51.7 Å². The van der Waals surface area contributed by atoms with Gasteiger partial charge in [0.1, 0.15) is 54.1 Å². The number of aliphatic hydroxyl groups excluding tert-OH is 3. The number of unbranched alkanes of at least 4 members (excludes halogenated alkanes) is 1. The van der Waals surface area contributed by atoms with E-state index in [9.17, 15) is 72.3 Å². The summed E-state index contributed by atoms with van der Waals surface area (Å²) in [6, 6.07) is 0.923. The zero-order valence-corrected chi connectivity index (χ0v) is 44.4. The Balaban J connectivity index is 0.966. The number of fused-ring (bicyclic) bond motifs is 2. The number of carbonyl (C=O) groups is 1. The second kappa shape index (κ2) is 23.2. The number of aliphatic hydroxyl groups is 3. The number of phosphoric acid groups is 3. The Morgan fingerprint density at radius 3 is 2.18 bits per heavy atom. The van der Waals surface area contributed by atoms with Crippen molar-refractivity contribution in [3.8, 4) is 0 Å². The maximum Gasteiger partial charge on any atom is 0.490 e. The number of carbonyl (C=O) groups excluding carboxylic acids is 1. The van der Waals surface area contributed by atoms with Crippen LogP contribution in [-0.4, -0.2) is 166 Å². The highest BCUT2D eigenvalue weighted by Crippen LogP contribution is 2.68. The standard InChI is InChI=1S/C37H53N13O24P4/c1-4-5-7-40-21(52)9-16-17(70-33(24(16)53)50-15-47(2)23-31(50)45-36(39)46-32(23)56)10-68-76(60,61)73-78(64,65)74-77(62,63)69-12-19-28(27(66-3)35(72-19)49-14-43-22-29(38)41-13-42-30(22)49)75(58,59)67-11-18-25(54)26(55)34(71-18)48-8-6-20(51)44-37(48)57/h6,8,13-19,24-28,33-35,53-55H,4-5,7,9-12H2,1-3H3,(H10-,38,39,40,41,42,44,45,46,51,52,56,57,58,59,60,61,62,63,64,65)/p+1/t16-,17-,18-,19-,24-,25-,26-,27-,28-,33-,34-,35-/m1/s1. The predicted molar refractivity (Wildman–Crippen MR) is 257 cm³/mol. The molecule has 4 unspecified atom stereocenters. The van der Waals surface area contributed by atoms with Crippen LogP contribution < -0.4 is 38.2 Å². The minimum atomic E-state index is -6.25. The summed E-state index contributed by atoms with van der Waals surface area (Å²) in [6.45, 7) is -1.25. The molecule has 0 aliphatic carbocycles. The summed E-state index contributed by atoms with van der Waals surface area (Å²) in [5.41, 5.74) is 7.16. The molecule has 3 fully saturated rings. The van der Waals surface area contributed by atoms with Gasteiger partial charge in [-0.15, -0.1) is 0 Å². The number of nitrogen functional groups attached to an aromatic ring is 2. The van der Waals surface area contributed by atoms with Crippen LogP contribution in [0, 0.1) is 5.92 Å². The van der Waals surface area contributed by atoms with Crippen LogP contribution in [-0.2, 0) is 71.2 Å². The van der Waals surface area contributed by atoms with E-state index in [-0.39, 0.29) is 40.6 Å². The first kappa shape index (κ1) is 59.1. The van der Waals surface area contributed by atoms with Crippen LogP contribution in [0.4, 0.5) is 11.8 Å². The van der Waals surface area contributed by atoms with E-state index in [0.717, 1.165) is 43.0 Å². The number of imidazole rings is 2. The number of nitrogens with one attached hydrogen (secondary N) is 3. The lowest BCUT2D eigenvalue weighted by molar-refractivity contribution is -0.745. The van der Waals surface area contributed by atoms with Gasteiger partial charge in [0.25, 0.3) is 17.1 Å². The van der Waals surface area contributed by atoms with Gasteiger partial charge < -0.3 is 75.1 Å². The van der Waals surface area contributed by atoms with Crippen molar-refractivity contribution in [1.29, 1.82) is 0 Å². The summed E-state index contributed by atoms with van der Waals surface area (Å²) in [5.74, 6) is -2.23. The number of phosphoric ester groups is 2. The number of amides is 1. The van der Waals surface area contributed by atoms with E-state index in [1.165, 1.54) is 27.1 Å². The van der Waals surface area contributed by atoms with Crippen molar-refractivity contribution in [3.63, 3.8) is 0 Å². The molecule has 0 aromatic carbocycles. The second-order valence-corrected chi connectivity index (χ2v) is 24.4. The first-order valence-electron chi connectivity index (χ1n) is 23.1. The fourth-order valence-corrected chi connectivity index (χ4v) is 14.3. The molecular formula is C37H54N13O24P4+. The third-order valence-corrected chi connectivity index (χ3v) is 18.7. The van der Waals surface area contributed by atoms with Gasteiger partial charge in [0, 0.05) is 38.3 Å². The van der Waals surface area contributed by atoms with Crippen LogP contribution in [0.3, 0.4) is 0 Å². The quantitative estimate of drug-likeness (QED) is 0.0174. The number of nitrogens with two attached hydrogens (primary N) is 2. The Morgan fingerprint density at radius 1 is 0.846 bits per heavy atom. The average molecular weight is 1190 g/mol. The van der Waals surface area contributed by atoms with E-state index in [2.05, 4.69) is 38.9 Å². The lowest BCUT2D eigenvalue weighted by Gasteiger charge is -2.28. The van der Waals surface area contributed by atoms with Crippen LogP contribution in [0.1, 0.15) is 44.9 Å². The van der Waals surface area contributed by atoms with Crippen LogP contribution in [0.25, 0.3) is 22.3 Å². The number of hydrogen-bond donors (Lipinski definition) is 12. The summed E-state index contributed by atoms with van der Waals surface area (Å²) in [6.07, 6.45) is -11.3. The van der Waals surface area contributed by atoms with Crippen molar-refractivity contribution in [2.75, 3.05) is 44.9 Å². The van der Waals surface area contributed by atoms with Crippen molar-refractivity contribution in [2.24, 2.45) is 13.0 Å². The second-order valence-electron chi connectivity index (χ2n) is 17.8. The number of ether oxygens (including phenoxy) is 4. The first-order valence-corrected chi connectivity index (χ1v) is 29.3. The van der Waals surface area contributed by atoms with Gasteiger partial charge in [0.2, 0.25) is 17.7 Å². The van der Waals surface area contributed by atoms with Gasteiger partial charge in [-0.1, -0.05) is 18.3 Å². The molecule has 0 spiro atoms. The molecule has 78 heavy (non-hydrogen) atoms. The summed E-state index contributed by atoms with van der Waals surface area (Å²) in [7, 11) is -21.0. The zero-order valence-electron chi connectivity index (χ0n) is 40.9. The van der Waals surface area contributed by atoms with E-state index in [0.29, 0.717) is 6.42 Å². The maximum absolute atomic E-state index is 14.3. The van der Waals surface area contributed by atoms with E-state index in [4.69, 9.17) is 44.0 Å². The molecule has 8 rings (SSSR count). The molecule has 1 amide bonds. The SMILES string of the molecule is CCCCNC(=O)C[C@H]1[C@@H](O)[C@H]([n+]2cn(C)c3c(=O)[nH]c(N)nc32)O[C@@H]1COP(=O)(O)OP(=O)(O)OP(=O)(O)OC[C@H]1O[C@@H](n2cnc3c(N)ncnc32)[C@H](OC)[C@@H]1P(=O)(O)OC[C@H]1O[C@@H](n2ccc(=O)[nH]c2=O)[C@H](O)[C@@H]1O. The van der Waals surface area contributed by atoms with Gasteiger partial charge >= 0.3 is 42.4 Å². The van der Waals surface area contributed by atoms with Gasteiger partial charge in [0.15, 0.2) is 30.2 Å². The molecule has 16 atom stereocenters. The Bertz CT molecular complexity index is 3410. The van der Waals surface area contributed by atoms with Gasteiger partial charge in [-0.2, -0.15) is 8.62 Å². The molecule has 430 valence electrons. The van der Waals surface area contributed by atoms with Crippen molar-refractivity contribution in [1.82, 2.24) is 48.9 Å². The lowest BCUT2D eigenvalue weighted by Crippen LogP contribution is -2.45. The average Bonchev–Trinajstić information content (AvgIpc) is 4.16. The monoisotopic (exact) mass is 1190 g/mol. The van der Waals surface area contributed by atoms with Crippen LogP contribution in [0.2, 0.25) is 0 Å². The third-order valence-electron chi connectivity index (χ3n) is 12.6. The fourth-order valence-electron chi connectivity index (χ4n) is 9.02. The molecular weight excluding hydrogens is 1130 g/mol. The van der Waals surface area contributed by atoms with Crippen molar-refractivity contribution in [2.45, 2.75) is 93.3 Å². The number of aromatic amines is 2. The van der Waals surface area contributed by atoms with Crippen LogP contribution >= 0.6 is 31.1 Å². The van der Waals surface area contributed by atoms with Gasteiger partial charge in [-0.05, 0) is 6.42 Å². The summed E-state index contributed by atoms with van der Waals surface area (Å²) < 4.78 is 106. The predicted octanol–water partition coefficient (Wildman–Crippen LogP) is -3.25. The third kappa shape index (κ3) is 12.6. The maximum atomic E-state index is 14.3. The molecule has 5 aromatic rings. The summed E-state index contributed by atoms with van der Waals surface area (Å²) in [5, 5.41) is 35.7. The summed E-state index contributed by atoms with van der Waals surface area (Å²) >= 11 is 0. The van der Waals surface area contributed by atoms with Crippen molar-refractivity contribution < 1.29 is 104 Å². The Hall–Kier alpha value is -5.07. The Morgan fingerprint density at radius 2 is 1.51 bits per heavy atom. The highest BCUT2D eigenvalue weighted by Gasteiger charge is 2.58. The Kier molecular flexibility index (Phi) is 17.6. The lowest BCUT2D eigenvalue weighted by atomic mass is 9.94. The fraction of sp³-hybridized carbons (Fsp3) is 0.595. The van der Waals surface area contributed by atoms with E-state index < -0.39 is 153 Å². The normalized spacial score (nSPS) is 29.6. The molecule has 3 saturated heterocycles. The zero-order chi connectivity index (χ0) is 56.8. The number of aryl methyl sites for hydroxylation is 1. The number of rotatable bonds is 23. The first-order chi connectivity index (χ1) is 36.6. The molecule has 8 heterocycles. The van der Waals surface area contributed by atoms with Gasteiger partial charge in [-0.25, -0.2) is 38.0 Å². The number of anilines is 2.